The molecule has 0 bridgehead atoms. The Labute approximate surface area is 358 Å². The average Bonchev–Trinajstić information content (AvgIpc) is 3.21. The molecule has 330 valence electrons. The number of nitrogens with one attached hydrogen (secondary N) is 5. The van der Waals surface area contributed by atoms with Crippen LogP contribution in [0.4, 0.5) is 0 Å². The van der Waals surface area contributed by atoms with Gasteiger partial charge in [-0.25, -0.2) is 4.79 Å². The van der Waals surface area contributed by atoms with Crippen molar-refractivity contribution in [3.8, 4) is 0 Å². The van der Waals surface area contributed by atoms with Crippen LogP contribution in [0.25, 0.3) is 0 Å². The zero-order valence-electron chi connectivity index (χ0n) is 35.5. The highest BCUT2D eigenvalue weighted by Gasteiger charge is 2.33. The van der Waals surface area contributed by atoms with Crippen molar-refractivity contribution in [3.05, 3.63) is 108 Å². The van der Waals surface area contributed by atoms with Crippen LogP contribution in [0.2, 0.25) is 0 Å². The Morgan fingerprint density at radius 1 is 0.525 bits per heavy atom. The molecule has 0 aliphatic carbocycles. The van der Waals surface area contributed by atoms with Gasteiger partial charge in [0.1, 0.15) is 30.2 Å². The lowest BCUT2D eigenvalue weighted by Crippen LogP contribution is -2.60. The second-order valence-corrected chi connectivity index (χ2v) is 16.0. The number of carboxylic acid groups (broad SMARTS) is 1. The van der Waals surface area contributed by atoms with E-state index in [0.29, 0.717) is 11.1 Å². The summed E-state index contributed by atoms with van der Waals surface area (Å²) < 4.78 is 0. The number of aliphatic carboxylic acids is 1. The van der Waals surface area contributed by atoms with Crippen molar-refractivity contribution >= 4 is 41.5 Å². The molecule has 0 saturated heterocycles. The molecule has 12 N–H and O–H groups in total. The van der Waals surface area contributed by atoms with Gasteiger partial charge in [0, 0.05) is 19.4 Å². The molecule has 3 aromatic carbocycles. The van der Waals surface area contributed by atoms with E-state index in [2.05, 4.69) is 31.6 Å². The largest absolute Gasteiger partial charge is 0.480 e. The van der Waals surface area contributed by atoms with Crippen molar-refractivity contribution in [2.75, 3.05) is 6.54 Å². The van der Waals surface area contributed by atoms with Crippen LogP contribution < -0.4 is 43.8 Å². The van der Waals surface area contributed by atoms with Crippen LogP contribution in [0, 0.1) is 11.8 Å². The standard InChI is InChI=1S/C45H63N9O7/c1-28(2)23-35(51-39(55)33(46)25-30-15-8-5-9-16-30)41(57)53-37(26-31-17-10-6-11-18-31)43(59)50-34(21-14-22-49-45(47)48)40(56)52-36(24-29(3)4)42(58)54-38(44(60)61)27-32-19-12-7-13-20-32/h5-13,15-20,28-29,33-38H,14,21-27,46H2,1-4H3,(H,50,59)(H,51,55)(H,52,56)(H,53,57)(H,54,58)(H,60,61)(H4,47,48,49)/t33-,34-,35-,36-,37-,38-/m0/s1. The van der Waals surface area contributed by atoms with Crippen molar-refractivity contribution in [2.24, 2.45) is 34.0 Å². The summed E-state index contributed by atoms with van der Waals surface area (Å²) in [5, 5.41) is 23.6. The highest BCUT2D eigenvalue weighted by Crippen LogP contribution is 2.12. The van der Waals surface area contributed by atoms with Crippen LogP contribution in [-0.2, 0) is 48.0 Å². The second-order valence-electron chi connectivity index (χ2n) is 16.0. The maximum Gasteiger partial charge on any atom is 0.326 e. The lowest BCUT2D eigenvalue weighted by atomic mass is 9.99. The summed E-state index contributed by atoms with van der Waals surface area (Å²) in [5.74, 6) is -4.78. The number of carboxylic acids is 1. The first kappa shape index (κ1) is 49.1. The van der Waals surface area contributed by atoms with Crippen LogP contribution in [0.5, 0.6) is 0 Å². The fraction of sp³-hybridized carbons (Fsp3) is 0.444. The maximum absolute atomic E-state index is 14.3. The van der Waals surface area contributed by atoms with Crippen LogP contribution in [0.15, 0.2) is 96.0 Å². The number of amides is 5. The number of carbonyl (C=O) groups is 6. The molecule has 16 heteroatoms. The predicted molar refractivity (Wildman–Crippen MR) is 235 cm³/mol. The molecule has 0 unspecified atom stereocenters. The van der Waals surface area contributed by atoms with Gasteiger partial charge in [0.15, 0.2) is 5.96 Å². The third-order valence-electron chi connectivity index (χ3n) is 9.71. The molecule has 16 nitrogen and oxygen atoms in total. The minimum Gasteiger partial charge on any atom is -0.480 e. The summed E-state index contributed by atoms with van der Waals surface area (Å²) in [6.07, 6.45) is 0.997. The van der Waals surface area contributed by atoms with Crippen molar-refractivity contribution in [2.45, 2.75) is 109 Å². The summed E-state index contributed by atoms with van der Waals surface area (Å²) in [4.78, 5) is 85.6. The SMILES string of the molecule is CC(C)C[C@H](NC(=O)[C@H](CCCN=C(N)N)NC(=O)[C@H](Cc1ccccc1)NC(=O)[C@H](CC(C)C)NC(=O)[C@@H](N)Cc1ccccc1)C(=O)N[C@@H](Cc1ccccc1)C(=O)O. The van der Waals surface area contributed by atoms with E-state index < -0.39 is 71.8 Å². The van der Waals surface area contributed by atoms with Crippen LogP contribution >= 0.6 is 0 Å². The minimum absolute atomic E-state index is 0.0183. The van der Waals surface area contributed by atoms with Gasteiger partial charge in [0.2, 0.25) is 29.5 Å². The van der Waals surface area contributed by atoms with Crippen molar-refractivity contribution < 1.29 is 33.9 Å². The molecule has 0 spiro atoms. The van der Waals surface area contributed by atoms with E-state index in [-0.39, 0.29) is 69.3 Å². The lowest BCUT2D eigenvalue weighted by Gasteiger charge is -2.28. The summed E-state index contributed by atoms with van der Waals surface area (Å²) in [7, 11) is 0. The zero-order chi connectivity index (χ0) is 44.9. The Morgan fingerprint density at radius 3 is 1.33 bits per heavy atom. The lowest BCUT2D eigenvalue weighted by molar-refractivity contribution is -0.142. The smallest absolute Gasteiger partial charge is 0.326 e. The van der Waals surface area contributed by atoms with E-state index in [9.17, 15) is 33.9 Å². The Bertz CT molecular complexity index is 1890. The van der Waals surface area contributed by atoms with Crippen LogP contribution in [0.1, 0.15) is 70.1 Å². The van der Waals surface area contributed by atoms with Crippen molar-refractivity contribution in [3.63, 3.8) is 0 Å². The van der Waals surface area contributed by atoms with E-state index >= 15 is 0 Å². The molecular formula is C45H63N9O7. The molecule has 6 atom stereocenters. The topological polar surface area (TPSA) is 273 Å². The van der Waals surface area contributed by atoms with Crippen molar-refractivity contribution in [1.82, 2.24) is 26.6 Å². The fourth-order valence-electron chi connectivity index (χ4n) is 6.62. The number of hydrogen-bond donors (Lipinski definition) is 9. The predicted octanol–water partition coefficient (Wildman–Crippen LogP) is 1.70. The second kappa shape index (κ2) is 25.4. The third-order valence-corrected chi connectivity index (χ3v) is 9.71. The number of nitrogens with zero attached hydrogens (tertiary/aromatic N) is 1. The van der Waals surface area contributed by atoms with E-state index in [1.165, 1.54) is 0 Å². The average molecular weight is 842 g/mol. The van der Waals surface area contributed by atoms with Gasteiger partial charge in [-0.3, -0.25) is 29.0 Å². The van der Waals surface area contributed by atoms with E-state index in [1.807, 2.05) is 64.1 Å². The van der Waals surface area contributed by atoms with E-state index in [4.69, 9.17) is 17.2 Å². The number of nitrogens with two attached hydrogens (primary N) is 3. The van der Waals surface area contributed by atoms with Gasteiger partial charge in [0.25, 0.3) is 0 Å². The van der Waals surface area contributed by atoms with Crippen LogP contribution in [-0.4, -0.2) is 89.4 Å². The monoisotopic (exact) mass is 841 g/mol. The molecule has 3 rings (SSSR count). The quantitative estimate of drug-likeness (QED) is 0.0338. The van der Waals surface area contributed by atoms with Crippen LogP contribution in [0.3, 0.4) is 0 Å². The van der Waals surface area contributed by atoms with Gasteiger partial charge in [-0.05, 0) is 60.6 Å². The molecule has 5 amide bonds. The molecule has 61 heavy (non-hydrogen) atoms. The number of carbonyl (C=O) groups excluding carboxylic acids is 5. The van der Waals surface area contributed by atoms with Gasteiger partial charge in [-0.1, -0.05) is 119 Å². The summed E-state index contributed by atoms with van der Waals surface area (Å²) in [6.45, 7) is 7.62. The first-order valence-electron chi connectivity index (χ1n) is 20.7. The minimum atomic E-state index is -1.28. The van der Waals surface area contributed by atoms with E-state index in [0.717, 1.165) is 5.56 Å². The Morgan fingerprint density at radius 2 is 0.885 bits per heavy atom. The van der Waals surface area contributed by atoms with E-state index in [1.54, 1.807) is 54.6 Å². The number of aliphatic imine (C=N–C) groups is 1. The summed E-state index contributed by atoms with van der Waals surface area (Å²) >= 11 is 0. The summed E-state index contributed by atoms with van der Waals surface area (Å²) in [5.41, 5.74) is 19.6. The van der Waals surface area contributed by atoms with Gasteiger partial charge in [-0.2, -0.15) is 0 Å². The Balaban J connectivity index is 1.87. The zero-order valence-corrected chi connectivity index (χ0v) is 35.5. The highest BCUT2D eigenvalue weighted by molar-refractivity contribution is 5.96. The molecule has 0 saturated carbocycles. The number of benzene rings is 3. The van der Waals surface area contributed by atoms with Gasteiger partial charge >= 0.3 is 5.97 Å². The molecule has 0 radical (unpaired) electrons. The van der Waals surface area contributed by atoms with Gasteiger partial charge in [-0.15, -0.1) is 0 Å². The molecule has 0 aliphatic heterocycles. The normalized spacial score (nSPS) is 14.0. The fourth-order valence-corrected chi connectivity index (χ4v) is 6.62. The first-order chi connectivity index (χ1) is 29.0. The number of rotatable bonds is 25. The Kier molecular flexibility index (Phi) is 20.4. The number of guanidine groups is 1. The molecular weight excluding hydrogens is 779 g/mol. The highest BCUT2D eigenvalue weighted by atomic mass is 16.4. The molecule has 0 aromatic heterocycles. The third kappa shape index (κ3) is 18.2. The summed E-state index contributed by atoms with van der Waals surface area (Å²) in [6, 6.07) is 20.2. The van der Waals surface area contributed by atoms with Crippen molar-refractivity contribution in [1.29, 1.82) is 0 Å². The Hall–Kier alpha value is -6.29. The molecule has 0 fully saturated rings. The first-order valence-corrected chi connectivity index (χ1v) is 20.7. The molecule has 3 aromatic rings. The molecule has 0 heterocycles. The maximum atomic E-state index is 14.3. The van der Waals surface area contributed by atoms with Gasteiger partial charge in [0.05, 0.1) is 6.04 Å². The van der Waals surface area contributed by atoms with Gasteiger partial charge < -0.3 is 48.9 Å². The number of hydrogen-bond acceptors (Lipinski definition) is 8. The molecule has 0 aliphatic rings.